The fourth-order valence-corrected chi connectivity index (χ4v) is 4.20. The van der Waals surface area contributed by atoms with Gasteiger partial charge in [-0.25, -0.2) is 4.39 Å². The summed E-state index contributed by atoms with van der Waals surface area (Å²) in [7, 11) is -2.01. The fourth-order valence-electron chi connectivity index (χ4n) is 2.88. The van der Waals surface area contributed by atoms with Crippen molar-refractivity contribution in [3.63, 3.8) is 0 Å². The molecule has 0 aromatic heterocycles. The van der Waals surface area contributed by atoms with Crippen molar-refractivity contribution < 1.29 is 17.6 Å². The van der Waals surface area contributed by atoms with Gasteiger partial charge in [0.15, 0.2) is 0 Å². The number of rotatable bonds is 5. The van der Waals surface area contributed by atoms with E-state index in [1.165, 1.54) is 42.5 Å². The number of carbonyl (C=O) groups excluding carboxylic acids is 1. The average Bonchev–Trinajstić information content (AvgIpc) is 3.03. The fraction of sp³-hybridized carbons (Fsp3) is 0.263. The Labute approximate surface area is 168 Å². The van der Waals surface area contributed by atoms with E-state index in [9.17, 15) is 17.6 Å². The highest BCUT2D eigenvalue weighted by Crippen LogP contribution is 2.21. The zero-order valence-electron chi connectivity index (χ0n) is 15.2. The van der Waals surface area contributed by atoms with Crippen LogP contribution in [0.15, 0.2) is 51.8 Å². The molecule has 1 amide bonds. The number of amides is 1. The van der Waals surface area contributed by atoms with Crippen molar-refractivity contribution >= 4 is 39.1 Å². The van der Waals surface area contributed by atoms with E-state index in [1.54, 1.807) is 0 Å². The third-order valence-corrected chi connectivity index (χ3v) is 6.07. The van der Waals surface area contributed by atoms with Gasteiger partial charge in [0.1, 0.15) is 11.7 Å². The van der Waals surface area contributed by atoms with Gasteiger partial charge in [0.05, 0.1) is 11.3 Å². The van der Waals surface area contributed by atoms with E-state index in [0.717, 1.165) is 13.0 Å². The second kappa shape index (κ2) is 8.28. The highest BCUT2D eigenvalue weighted by Gasteiger charge is 2.20. The van der Waals surface area contributed by atoms with Gasteiger partial charge in [-0.15, -0.1) is 4.40 Å². The van der Waals surface area contributed by atoms with Crippen LogP contribution in [0.5, 0.6) is 0 Å². The summed E-state index contributed by atoms with van der Waals surface area (Å²) in [5.41, 5.74) is 0.499. The Morgan fingerprint density at radius 2 is 1.96 bits per heavy atom. The van der Waals surface area contributed by atoms with Gasteiger partial charge in [-0.3, -0.25) is 4.79 Å². The normalized spacial score (nSPS) is 15.8. The molecule has 6 nitrogen and oxygen atoms in total. The molecule has 3 rings (SSSR count). The van der Waals surface area contributed by atoms with Crippen LogP contribution in [-0.2, 0) is 21.2 Å². The molecular formula is C19H19ClFN3O3S. The quantitative estimate of drug-likeness (QED) is 0.798. The molecule has 2 aromatic rings. The Kier molecular flexibility index (Phi) is 6.00. The lowest BCUT2D eigenvalue weighted by Gasteiger charge is -2.11. The number of carbonyl (C=O) groups is 1. The Balaban J connectivity index is 1.70. The van der Waals surface area contributed by atoms with Crippen molar-refractivity contribution in [1.29, 1.82) is 0 Å². The molecule has 1 aliphatic rings. The SMILES string of the molecule is CN1CCC/C1=N/S(=O)(=O)c1ccc(NC(=O)Cc2c(F)cccc2Cl)cc1. The minimum atomic E-state index is -3.82. The molecule has 0 aliphatic carbocycles. The molecular weight excluding hydrogens is 405 g/mol. The largest absolute Gasteiger partial charge is 0.362 e. The van der Waals surface area contributed by atoms with E-state index in [0.29, 0.717) is 17.9 Å². The van der Waals surface area contributed by atoms with Gasteiger partial charge < -0.3 is 10.2 Å². The third-order valence-electron chi connectivity index (χ3n) is 4.40. The van der Waals surface area contributed by atoms with Crippen LogP contribution in [0.2, 0.25) is 5.02 Å². The van der Waals surface area contributed by atoms with E-state index < -0.39 is 21.7 Å². The minimum Gasteiger partial charge on any atom is -0.362 e. The minimum absolute atomic E-state index is 0.0375. The standard InChI is InChI=1S/C19H19ClFN3O3S/c1-24-11-3-6-18(24)23-28(26,27)14-9-7-13(8-10-14)22-19(25)12-15-16(20)4-2-5-17(15)21/h2,4-5,7-10H,3,6,11-12H2,1H3,(H,22,25)/b23-18-. The molecule has 1 aliphatic heterocycles. The summed E-state index contributed by atoms with van der Waals surface area (Å²) in [6.07, 6.45) is 1.27. The first-order chi connectivity index (χ1) is 13.3. The van der Waals surface area contributed by atoms with E-state index in [4.69, 9.17) is 11.6 Å². The molecule has 1 N–H and O–H groups in total. The molecule has 148 valence electrons. The Morgan fingerprint density at radius 3 is 2.57 bits per heavy atom. The second-order valence-corrected chi connectivity index (χ2v) is 8.47. The number of anilines is 1. The lowest BCUT2D eigenvalue weighted by Crippen LogP contribution is -2.20. The van der Waals surface area contributed by atoms with Gasteiger partial charge in [0.2, 0.25) is 5.91 Å². The van der Waals surface area contributed by atoms with Crippen LogP contribution < -0.4 is 5.32 Å². The molecule has 9 heteroatoms. The van der Waals surface area contributed by atoms with Gasteiger partial charge in [0.25, 0.3) is 10.0 Å². The first-order valence-electron chi connectivity index (χ1n) is 8.64. The average molecular weight is 424 g/mol. The van der Waals surface area contributed by atoms with Crippen LogP contribution in [0.3, 0.4) is 0 Å². The van der Waals surface area contributed by atoms with Crippen LogP contribution in [-0.4, -0.2) is 38.7 Å². The third kappa shape index (κ3) is 4.69. The summed E-state index contributed by atoms with van der Waals surface area (Å²) in [4.78, 5) is 14.0. The smallest absolute Gasteiger partial charge is 0.283 e. The Bertz CT molecular complexity index is 1000. The zero-order chi connectivity index (χ0) is 20.3. The highest BCUT2D eigenvalue weighted by atomic mass is 35.5. The van der Waals surface area contributed by atoms with Crippen LogP contribution in [0.4, 0.5) is 10.1 Å². The van der Waals surface area contributed by atoms with Gasteiger partial charge in [-0.05, 0) is 42.8 Å². The molecule has 0 saturated carbocycles. The first kappa shape index (κ1) is 20.3. The van der Waals surface area contributed by atoms with Crippen molar-refractivity contribution in [2.24, 2.45) is 4.40 Å². The van der Waals surface area contributed by atoms with E-state index in [1.807, 2.05) is 11.9 Å². The van der Waals surface area contributed by atoms with Crippen LogP contribution in [0, 0.1) is 5.82 Å². The number of nitrogens with zero attached hydrogens (tertiary/aromatic N) is 2. The van der Waals surface area contributed by atoms with Crippen LogP contribution in [0.1, 0.15) is 18.4 Å². The van der Waals surface area contributed by atoms with E-state index in [-0.39, 0.29) is 21.9 Å². The number of amidine groups is 1. The first-order valence-corrected chi connectivity index (χ1v) is 10.5. The molecule has 0 spiro atoms. The summed E-state index contributed by atoms with van der Waals surface area (Å²) >= 11 is 5.93. The second-order valence-electron chi connectivity index (χ2n) is 6.46. The monoisotopic (exact) mass is 423 g/mol. The molecule has 1 heterocycles. The molecule has 2 aromatic carbocycles. The highest BCUT2D eigenvalue weighted by molar-refractivity contribution is 7.90. The zero-order valence-corrected chi connectivity index (χ0v) is 16.7. The van der Waals surface area contributed by atoms with E-state index in [2.05, 4.69) is 9.71 Å². The maximum atomic E-state index is 13.8. The van der Waals surface area contributed by atoms with Gasteiger partial charge in [-0.1, -0.05) is 17.7 Å². The van der Waals surface area contributed by atoms with E-state index >= 15 is 0 Å². The summed E-state index contributed by atoms with van der Waals surface area (Å²) in [6.45, 7) is 0.783. The lowest BCUT2D eigenvalue weighted by molar-refractivity contribution is -0.115. The Hall–Kier alpha value is -2.45. The Morgan fingerprint density at radius 1 is 1.25 bits per heavy atom. The maximum absolute atomic E-state index is 13.8. The van der Waals surface area contributed by atoms with Gasteiger partial charge >= 0.3 is 0 Å². The number of nitrogens with one attached hydrogen (secondary N) is 1. The van der Waals surface area contributed by atoms with Crippen molar-refractivity contribution in [2.45, 2.75) is 24.2 Å². The summed E-state index contributed by atoms with van der Waals surface area (Å²) in [6, 6.07) is 9.89. The molecule has 1 fully saturated rings. The molecule has 1 saturated heterocycles. The molecule has 0 bridgehead atoms. The number of sulfonamides is 1. The predicted octanol–water partition coefficient (Wildman–Crippen LogP) is 3.47. The molecule has 28 heavy (non-hydrogen) atoms. The lowest BCUT2D eigenvalue weighted by atomic mass is 10.1. The molecule has 0 unspecified atom stereocenters. The molecule has 0 radical (unpaired) electrons. The number of hydrogen-bond donors (Lipinski definition) is 1. The van der Waals surface area contributed by atoms with Crippen molar-refractivity contribution in [2.75, 3.05) is 18.9 Å². The van der Waals surface area contributed by atoms with Crippen molar-refractivity contribution in [1.82, 2.24) is 4.90 Å². The molecule has 0 atom stereocenters. The van der Waals surface area contributed by atoms with Crippen molar-refractivity contribution in [3.8, 4) is 0 Å². The number of halogens is 2. The van der Waals surface area contributed by atoms with Crippen molar-refractivity contribution in [3.05, 3.63) is 58.9 Å². The summed E-state index contributed by atoms with van der Waals surface area (Å²) in [5.74, 6) is -0.477. The van der Waals surface area contributed by atoms with Gasteiger partial charge in [-0.2, -0.15) is 8.42 Å². The summed E-state index contributed by atoms with van der Waals surface area (Å²) in [5, 5.41) is 2.77. The summed E-state index contributed by atoms with van der Waals surface area (Å²) < 4.78 is 42.5. The number of hydrogen-bond acceptors (Lipinski definition) is 3. The topological polar surface area (TPSA) is 78.8 Å². The van der Waals surface area contributed by atoms with Crippen LogP contribution >= 0.6 is 11.6 Å². The maximum Gasteiger partial charge on any atom is 0.283 e. The van der Waals surface area contributed by atoms with Gasteiger partial charge in [0, 0.05) is 36.3 Å². The number of likely N-dealkylation sites (tertiary alicyclic amines) is 1. The predicted molar refractivity (Wildman–Crippen MR) is 107 cm³/mol. The van der Waals surface area contributed by atoms with Crippen LogP contribution in [0.25, 0.3) is 0 Å². The number of benzene rings is 2.